The number of hydrogen-bond donors (Lipinski definition) is 3. The van der Waals surface area contributed by atoms with Crippen molar-refractivity contribution in [2.24, 2.45) is 0 Å². The molecule has 70 valence electrons. The molecule has 0 aliphatic heterocycles. The van der Waals surface area contributed by atoms with Gasteiger partial charge in [0.05, 0.1) is 6.61 Å². The zero-order chi connectivity index (χ0) is 10.0. The van der Waals surface area contributed by atoms with Crippen molar-refractivity contribution in [3.05, 3.63) is 28.5 Å². The van der Waals surface area contributed by atoms with E-state index >= 15 is 0 Å². The summed E-state index contributed by atoms with van der Waals surface area (Å²) in [5.41, 5.74) is -0.271. The summed E-state index contributed by atoms with van der Waals surface area (Å²) in [6, 6.07) is 2.19. The molecule has 0 saturated carbocycles. The summed E-state index contributed by atoms with van der Waals surface area (Å²) in [5.74, 6) is -0.752. The van der Waals surface area contributed by atoms with E-state index in [4.69, 9.17) is 26.8 Å². The molecule has 0 saturated heterocycles. The molecule has 3 nitrogen and oxygen atoms in total. The average molecular weight is 204 g/mol. The topological polar surface area (TPSA) is 60.7 Å². The molecule has 0 aromatic heterocycles. The number of benzene rings is 1. The fourth-order valence-corrected chi connectivity index (χ4v) is 1.23. The molecule has 0 unspecified atom stereocenters. The first kappa shape index (κ1) is 10.5. The Morgan fingerprint density at radius 1 is 1.38 bits per heavy atom. The van der Waals surface area contributed by atoms with Gasteiger partial charge in [-0.25, -0.2) is 4.39 Å². The average Bonchev–Trinajstić information content (AvgIpc) is 2.02. The molecule has 0 heterocycles. The third-order valence-corrected chi connectivity index (χ3v) is 1.85. The van der Waals surface area contributed by atoms with Crippen LogP contribution < -0.4 is 5.46 Å². The van der Waals surface area contributed by atoms with E-state index in [1.54, 1.807) is 0 Å². The molecule has 1 rings (SSSR count). The first-order chi connectivity index (χ1) is 6.06. The Bertz CT molecular complexity index is 319. The molecular weight excluding hydrogens is 197 g/mol. The second-order valence-corrected chi connectivity index (χ2v) is 2.92. The molecule has 0 bridgehead atoms. The molecule has 6 heteroatoms. The highest BCUT2D eigenvalue weighted by molar-refractivity contribution is 6.59. The third-order valence-electron chi connectivity index (χ3n) is 1.63. The van der Waals surface area contributed by atoms with E-state index in [-0.39, 0.29) is 16.0 Å². The summed E-state index contributed by atoms with van der Waals surface area (Å²) in [4.78, 5) is 0. The van der Waals surface area contributed by atoms with E-state index in [1.807, 2.05) is 0 Å². The Hall–Kier alpha value is -0.615. The Morgan fingerprint density at radius 2 is 2.00 bits per heavy atom. The third kappa shape index (κ3) is 2.19. The van der Waals surface area contributed by atoms with Gasteiger partial charge in [0.2, 0.25) is 0 Å². The van der Waals surface area contributed by atoms with Gasteiger partial charge >= 0.3 is 7.12 Å². The van der Waals surface area contributed by atoms with Gasteiger partial charge in [-0.2, -0.15) is 0 Å². The van der Waals surface area contributed by atoms with Crippen LogP contribution in [0.15, 0.2) is 12.1 Å². The lowest BCUT2D eigenvalue weighted by atomic mass is 9.77. The lowest BCUT2D eigenvalue weighted by Gasteiger charge is -2.07. The number of rotatable bonds is 2. The maximum Gasteiger partial charge on any atom is 0.488 e. The van der Waals surface area contributed by atoms with Crippen molar-refractivity contribution in [1.82, 2.24) is 0 Å². The lowest BCUT2D eigenvalue weighted by Crippen LogP contribution is -2.34. The minimum atomic E-state index is -1.84. The highest BCUT2D eigenvalue weighted by atomic mass is 35.5. The zero-order valence-corrected chi connectivity index (χ0v) is 7.29. The molecule has 0 aliphatic rings. The standard InChI is InChI=1S/C7H7BClFO3/c9-4-1-6(8(12)13)5(3-11)7(10)2-4/h1-2,11-13H,3H2. The molecule has 0 atom stereocenters. The largest absolute Gasteiger partial charge is 0.488 e. The predicted molar refractivity (Wildman–Crippen MR) is 47.2 cm³/mol. The summed E-state index contributed by atoms with van der Waals surface area (Å²) in [6.45, 7) is -0.601. The van der Waals surface area contributed by atoms with Crippen molar-refractivity contribution in [3.63, 3.8) is 0 Å². The fourth-order valence-electron chi connectivity index (χ4n) is 1.02. The van der Waals surface area contributed by atoms with Gasteiger partial charge in [-0.15, -0.1) is 0 Å². The van der Waals surface area contributed by atoms with Crippen LogP contribution in [-0.4, -0.2) is 22.3 Å². The molecule has 0 fully saturated rings. The van der Waals surface area contributed by atoms with Crippen LogP contribution in [0.2, 0.25) is 5.02 Å². The maximum atomic E-state index is 13.0. The van der Waals surface area contributed by atoms with Gasteiger partial charge in [0.25, 0.3) is 0 Å². The molecule has 3 N–H and O–H groups in total. The van der Waals surface area contributed by atoms with E-state index in [0.29, 0.717) is 0 Å². The minimum absolute atomic E-state index is 0.0535. The Morgan fingerprint density at radius 3 is 2.46 bits per heavy atom. The van der Waals surface area contributed by atoms with Gasteiger partial charge in [-0.1, -0.05) is 11.6 Å². The van der Waals surface area contributed by atoms with Gasteiger partial charge in [0.15, 0.2) is 0 Å². The molecular formula is C7H7BClFO3. The van der Waals surface area contributed by atoms with Crippen LogP contribution in [0.3, 0.4) is 0 Å². The molecule has 13 heavy (non-hydrogen) atoms. The monoisotopic (exact) mass is 204 g/mol. The lowest BCUT2D eigenvalue weighted by molar-refractivity contribution is 0.276. The quantitative estimate of drug-likeness (QED) is 0.577. The van der Waals surface area contributed by atoms with Crippen LogP contribution in [0.25, 0.3) is 0 Å². The molecule has 0 radical (unpaired) electrons. The number of aliphatic hydroxyl groups excluding tert-OH is 1. The molecule has 0 spiro atoms. The highest BCUT2D eigenvalue weighted by Gasteiger charge is 2.19. The van der Waals surface area contributed by atoms with E-state index in [2.05, 4.69) is 0 Å². The van der Waals surface area contributed by atoms with Gasteiger partial charge in [-0.3, -0.25) is 0 Å². The van der Waals surface area contributed by atoms with Crippen LogP contribution in [0.5, 0.6) is 0 Å². The van der Waals surface area contributed by atoms with Crippen molar-refractivity contribution in [2.45, 2.75) is 6.61 Å². The van der Waals surface area contributed by atoms with Gasteiger partial charge in [-0.05, 0) is 17.6 Å². The Balaban J connectivity index is 3.29. The fraction of sp³-hybridized carbons (Fsp3) is 0.143. The van der Waals surface area contributed by atoms with Gasteiger partial charge in [0, 0.05) is 10.6 Å². The number of hydrogen-bond acceptors (Lipinski definition) is 3. The van der Waals surface area contributed by atoms with E-state index in [0.717, 1.165) is 6.07 Å². The molecule has 0 amide bonds. The van der Waals surface area contributed by atoms with Crippen molar-refractivity contribution in [1.29, 1.82) is 0 Å². The number of halogens is 2. The van der Waals surface area contributed by atoms with Crippen molar-refractivity contribution < 1.29 is 19.5 Å². The highest BCUT2D eigenvalue weighted by Crippen LogP contribution is 2.13. The van der Waals surface area contributed by atoms with E-state index in [1.165, 1.54) is 6.07 Å². The van der Waals surface area contributed by atoms with E-state index in [9.17, 15) is 4.39 Å². The second kappa shape index (κ2) is 4.06. The van der Waals surface area contributed by atoms with E-state index < -0.39 is 19.5 Å². The van der Waals surface area contributed by atoms with Crippen LogP contribution in [0, 0.1) is 5.82 Å². The SMILES string of the molecule is OCc1c(F)cc(Cl)cc1B(O)O. The van der Waals surface area contributed by atoms with Crippen LogP contribution >= 0.6 is 11.6 Å². The summed E-state index contributed by atoms with van der Waals surface area (Å²) >= 11 is 5.48. The normalized spacial score (nSPS) is 10.2. The molecule has 1 aromatic carbocycles. The first-order valence-corrected chi connectivity index (χ1v) is 3.89. The molecule has 1 aromatic rings. The van der Waals surface area contributed by atoms with Crippen LogP contribution in [0.1, 0.15) is 5.56 Å². The Labute approximate surface area is 79.5 Å². The number of aliphatic hydroxyl groups is 1. The van der Waals surface area contributed by atoms with Crippen molar-refractivity contribution in [3.8, 4) is 0 Å². The van der Waals surface area contributed by atoms with Crippen LogP contribution in [0.4, 0.5) is 4.39 Å². The van der Waals surface area contributed by atoms with Crippen LogP contribution in [-0.2, 0) is 6.61 Å². The minimum Gasteiger partial charge on any atom is -0.423 e. The van der Waals surface area contributed by atoms with Crippen molar-refractivity contribution in [2.75, 3.05) is 0 Å². The Kier molecular flexibility index (Phi) is 3.27. The summed E-state index contributed by atoms with van der Waals surface area (Å²) in [7, 11) is -1.84. The van der Waals surface area contributed by atoms with Gasteiger partial charge < -0.3 is 15.2 Å². The first-order valence-electron chi connectivity index (χ1n) is 3.51. The second-order valence-electron chi connectivity index (χ2n) is 2.49. The summed E-state index contributed by atoms with van der Waals surface area (Å²) < 4.78 is 13.0. The zero-order valence-electron chi connectivity index (χ0n) is 6.54. The van der Waals surface area contributed by atoms with Crippen molar-refractivity contribution >= 4 is 24.2 Å². The molecule has 0 aliphatic carbocycles. The summed E-state index contributed by atoms with van der Waals surface area (Å²) in [6.07, 6.45) is 0. The smallest absolute Gasteiger partial charge is 0.423 e. The predicted octanol–water partition coefficient (Wildman–Crippen LogP) is -0.349. The maximum absolute atomic E-state index is 13.0. The van der Waals surface area contributed by atoms with Gasteiger partial charge in [0.1, 0.15) is 5.82 Å². The summed E-state index contributed by atoms with van der Waals surface area (Å²) in [5, 5.41) is 26.4.